The van der Waals surface area contributed by atoms with Gasteiger partial charge in [0.2, 0.25) is 5.91 Å². The number of carbonyl (C=O) groups excluding carboxylic acids is 1. The van der Waals surface area contributed by atoms with E-state index >= 15 is 0 Å². The maximum absolute atomic E-state index is 13.3. The van der Waals surface area contributed by atoms with E-state index < -0.39 is 11.6 Å². The molecular weight excluding hydrogens is 340 g/mol. The smallest absolute Gasteiger partial charge is 0.223 e. The van der Waals surface area contributed by atoms with Gasteiger partial charge in [0, 0.05) is 19.5 Å². The summed E-state index contributed by atoms with van der Waals surface area (Å²) in [7, 11) is 3.18. The first kappa shape index (κ1) is 18.2. The van der Waals surface area contributed by atoms with Crippen LogP contribution in [0.5, 0.6) is 11.5 Å². The average molecular weight is 361 g/mol. The summed E-state index contributed by atoms with van der Waals surface area (Å²) in [6.07, 6.45) is 1.38. The summed E-state index contributed by atoms with van der Waals surface area (Å²) in [6.45, 7) is 1.13. The minimum atomic E-state index is -0.886. The number of nitrogens with zero attached hydrogens (tertiary/aromatic N) is 1. The topological polar surface area (TPSA) is 38.8 Å². The number of rotatable bonds is 5. The van der Waals surface area contributed by atoms with Gasteiger partial charge in [0.15, 0.2) is 23.1 Å². The van der Waals surface area contributed by atoms with Gasteiger partial charge in [0.1, 0.15) is 0 Å². The molecule has 0 aliphatic carbocycles. The lowest BCUT2D eigenvalue weighted by Gasteiger charge is -2.29. The Labute approximate surface area is 151 Å². The monoisotopic (exact) mass is 361 g/mol. The van der Waals surface area contributed by atoms with Crippen LogP contribution < -0.4 is 9.47 Å². The molecule has 0 N–H and O–H groups in total. The first-order valence-electron chi connectivity index (χ1n) is 8.47. The van der Waals surface area contributed by atoms with Crippen molar-refractivity contribution in [1.29, 1.82) is 0 Å². The van der Waals surface area contributed by atoms with Crippen LogP contribution >= 0.6 is 0 Å². The van der Waals surface area contributed by atoms with Gasteiger partial charge in [-0.3, -0.25) is 4.79 Å². The molecule has 2 aromatic rings. The lowest BCUT2D eigenvalue weighted by molar-refractivity contribution is -0.132. The molecule has 0 fully saturated rings. The van der Waals surface area contributed by atoms with Crippen molar-refractivity contribution in [3.8, 4) is 11.5 Å². The largest absolute Gasteiger partial charge is 0.493 e. The van der Waals surface area contributed by atoms with Gasteiger partial charge in [-0.1, -0.05) is 6.07 Å². The highest BCUT2D eigenvalue weighted by Crippen LogP contribution is 2.33. The third kappa shape index (κ3) is 3.79. The predicted molar refractivity (Wildman–Crippen MR) is 93.3 cm³/mol. The minimum absolute atomic E-state index is 0.00447. The molecule has 0 saturated carbocycles. The molecule has 6 heteroatoms. The number of aryl methyl sites for hydroxylation is 1. The fourth-order valence-electron chi connectivity index (χ4n) is 3.20. The molecule has 0 atom stereocenters. The summed E-state index contributed by atoms with van der Waals surface area (Å²) in [5.74, 6) is -0.443. The Morgan fingerprint density at radius 1 is 1.04 bits per heavy atom. The number of amides is 1. The summed E-state index contributed by atoms with van der Waals surface area (Å²) in [5, 5.41) is 0. The van der Waals surface area contributed by atoms with E-state index in [1.165, 1.54) is 6.07 Å². The molecule has 0 saturated heterocycles. The van der Waals surface area contributed by atoms with Gasteiger partial charge in [0.25, 0.3) is 0 Å². The molecule has 1 heterocycles. The predicted octanol–water partition coefficient (Wildman–Crippen LogP) is 3.50. The zero-order valence-corrected chi connectivity index (χ0v) is 14.9. The lowest BCUT2D eigenvalue weighted by atomic mass is 9.98. The van der Waals surface area contributed by atoms with Crippen molar-refractivity contribution >= 4 is 5.91 Å². The van der Waals surface area contributed by atoms with Crippen LogP contribution in [0.2, 0.25) is 0 Å². The Bertz CT molecular complexity index is 823. The van der Waals surface area contributed by atoms with Gasteiger partial charge in [-0.2, -0.15) is 0 Å². The SMILES string of the molecule is COc1cc2c(cc1OC)CN(C(=O)CCc1ccc(F)c(F)c1)CC2. The number of halogens is 2. The molecule has 26 heavy (non-hydrogen) atoms. The van der Waals surface area contributed by atoms with Crippen LogP contribution in [0.25, 0.3) is 0 Å². The van der Waals surface area contributed by atoms with Crippen LogP contribution in [-0.2, 0) is 24.2 Å². The molecule has 0 bridgehead atoms. The normalized spacial score (nSPS) is 13.3. The molecule has 1 aliphatic heterocycles. The maximum Gasteiger partial charge on any atom is 0.223 e. The number of benzene rings is 2. The fraction of sp³-hybridized carbons (Fsp3) is 0.350. The molecule has 2 aromatic carbocycles. The fourth-order valence-corrected chi connectivity index (χ4v) is 3.20. The minimum Gasteiger partial charge on any atom is -0.493 e. The van der Waals surface area contributed by atoms with E-state index in [0.29, 0.717) is 36.6 Å². The van der Waals surface area contributed by atoms with Crippen molar-refractivity contribution in [1.82, 2.24) is 4.90 Å². The molecule has 0 aromatic heterocycles. The highest BCUT2D eigenvalue weighted by atomic mass is 19.2. The second-order valence-electron chi connectivity index (χ2n) is 6.29. The van der Waals surface area contributed by atoms with Crippen molar-refractivity contribution in [3.05, 3.63) is 58.7 Å². The zero-order valence-electron chi connectivity index (χ0n) is 14.9. The Morgan fingerprint density at radius 3 is 2.38 bits per heavy atom. The van der Waals surface area contributed by atoms with Gasteiger partial charge in [-0.25, -0.2) is 8.78 Å². The van der Waals surface area contributed by atoms with E-state index in [0.717, 1.165) is 29.7 Å². The number of carbonyl (C=O) groups is 1. The van der Waals surface area contributed by atoms with Crippen molar-refractivity contribution in [2.75, 3.05) is 20.8 Å². The molecule has 0 radical (unpaired) electrons. The highest BCUT2D eigenvalue weighted by Gasteiger charge is 2.22. The van der Waals surface area contributed by atoms with Crippen LogP contribution in [0.15, 0.2) is 30.3 Å². The van der Waals surface area contributed by atoms with Gasteiger partial charge in [-0.05, 0) is 53.8 Å². The summed E-state index contributed by atoms with van der Waals surface area (Å²) in [6, 6.07) is 7.60. The van der Waals surface area contributed by atoms with Gasteiger partial charge in [-0.15, -0.1) is 0 Å². The van der Waals surface area contributed by atoms with E-state index in [9.17, 15) is 13.6 Å². The van der Waals surface area contributed by atoms with Gasteiger partial charge < -0.3 is 14.4 Å². The average Bonchev–Trinajstić information content (AvgIpc) is 2.66. The highest BCUT2D eigenvalue weighted by molar-refractivity contribution is 5.77. The first-order chi connectivity index (χ1) is 12.5. The molecule has 1 aliphatic rings. The van der Waals surface area contributed by atoms with E-state index in [1.807, 2.05) is 12.1 Å². The lowest BCUT2D eigenvalue weighted by Crippen LogP contribution is -2.36. The molecule has 3 rings (SSSR count). The summed E-state index contributed by atoms with van der Waals surface area (Å²) < 4.78 is 36.9. The molecule has 138 valence electrons. The van der Waals surface area contributed by atoms with E-state index in [2.05, 4.69) is 0 Å². The number of methoxy groups -OCH3 is 2. The number of fused-ring (bicyclic) bond motifs is 1. The van der Waals surface area contributed by atoms with Crippen LogP contribution in [-0.4, -0.2) is 31.6 Å². The van der Waals surface area contributed by atoms with Crippen LogP contribution in [0.3, 0.4) is 0 Å². The quantitative estimate of drug-likeness (QED) is 0.818. The van der Waals surface area contributed by atoms with E-state index in [-0.39, 0.29) is 12.3 Å². The van der Waals surface area contributed by atoms with Crippen molar-refractivity contribution in [2.24, 2.45) is 0 Å². The number of hydrogen-bond acceptors (Lipinski definition) is 3. The molecular formula is C20H21F2NO3. The third-order valence-electron chi connectivity index (χ3n) is 4.68. The Hall–Kier alpha value is -2.63. The standard InChI is InChI=1S/C20H21F2NO3/c1-25-18-10-14-7-8-23(12-15(14)11-19(18)26-2)20(24)6-4-13-3-5-16(21)17(22)9-13/h3,5,9-11H,4,6-8,12H2,1-2H3. The van der Waals surface area contributed by atoms with Crippen LogP contribution in [0.4, 0.5) is 8.78 Å². The number of ether oxygens (including phenoxy) is 2. The second-order valence-corrected chi connectivity index (χ2v) is 6.29. The zero-order chi connectivity index (χ0) is 18.7. The Morgan fingerprint density at radius 2 is 1.73 bits per heavy atom. The van der Waals surface area contributed by atoms with Gasteiger partial charge >= 0.3 is 0 Å². The molecule has 0 unspecified atom stereocenters. The Balaban J connectivity index is 1.66. The van der Waals surface area contributed by atoms with Crippen LogP contribution in [0, 0.1) is 11.6 Å². The first-order valence-corrected chi connectivity index (χ1v) is 8.47. The summed E-state index contributed by atoms with van der Waals surface area (Å²) in [4.78, 5) is 14.3. The summed E-state index contributed by atoms with van der Waals surface area (Å²) >= 11 is 0. The molecule has 0 spiro atoms. The Kier molecular flexibility index (Phi) is 5.40. The maximum atomic E-state index is 13.3. The summed E-state index contributed by atoms with van der Waals surface area (Å²) in [5.41, 5.74) is 2.79. The van der Waals surface area contributed by atoms with E-state index in [1.54, 1.807) is 19.1 Å². The van der Waals surface area contributed by atoms with Crippen molar-refractivity contribution in [3.63, 3.8) is 0 Å². The molecule has 1 amide bonds. The molecule has 4 nitrogen and oxygen atoms in total. The number of hydrogen-bond donors (Lipinski definition) is 0. The van der Waals surface area contributed by atoms with E-state index in [4.69, 9.17) is 9.47 Å². The third-order valence-corrected chi connectivity index (χ3v) is 4.68. The van der Waals surface area contributed by atoms with Crippen molar-refractivity contribution in [2.45, 2.75) is 25.8 Å². The van der Waals surface area contributed by atoms with Crippen molar-refractivity contribution < 1.29 is 23.0 Å². The second kappa shape index (κ2) is 7.72. The van der Waals surface area contributed by atoms with Crippen LogP contribution in [0.1, 0.15) is 23.1 Å². The van der Waals surface area contributed by atoms with Gasteiger partial charge in [0.05, 0.1) is 14.2 Å².